The smallest absolute Gasteiger partial charge is 0.256 e. The molecule has 2 N–H and O–H groups in total. The monoisotopic (exact) mass is 391 g/mol. The van der Waals surface area contributed by atoms with Crippen molar-refractivity contribution in [1.82, 2.24) is 0 Å². The van der Waals surface area contributed by atoms with Gasteiger partial charge in [-0.05, 0) is 31.5 Å². The Morgan fingerprint density at radius 3 is 2.21 bits per heavy atom. The minimum Gasteiger partial charge on any atom is -0.325 e. The Kier molecular flexibility index (Phi) is 5.60. The second-order valence-corrected chi connectivity index (χ2v) is 8.78. The topological polar surface area (TPSA) is 33.5 Å². The van der Waals surface area contributed by atoms with E-state index in [1.165, 1.54) is 47.5 Å². The van der Waals surface area contributed by atoms with E-state index in [1.54, 1.807) is 16.2 Å². The minimum absolute atomic E-state index is 0.0358. The molecule has 3 aromatic rings. The summed E-state index contributed by atoms with van der Waals surface area (Å²) in [4.78, 5) is 15.7. The Hall–Kier alpha value is -2.43. The van der Waals surface area contributed by atoms with Crippen molar-refractivity contribution >= 4 is 22.2 Å². The van der Waals surface area contributed by atoms with Crippen molar-refractivity contribution in [1.29, 1.82) is 0 Å². The zero-order valence-corrected chi connectivity index (χ0v) is 17.3. The summed E-state index contributed by atoms with van der Waals surface area (Å²) < 4.78 is 0. The number of amides is 1. The third-order valence-corrected chi connectivity index (χ3v) is 6.91. The fourth-order valence-electron chi connectivity index (χ4n) is 4.22. The van der Waals surface area contributed by atoms with Crippen molar-refractivity contribution in [2.24, 2.45) is 0 Å². The first kappa shape index (κ1) is 18.9. The molecule has 0 radical (unpaired) electrons. The van der Waals surface area contributed by atoms with Crippen LogP contribution in [-0.4, -0.2) is 19.0 Å². The molecule has 28 heavy (non-hydrogen) atoms. The summed E-state index contributed by atoms with van der Waals surface area (Å²) in [5.74, 6) is -0.0358. The first-order valence-corrected chi connectivity index (χ1v) is 10.8. The van der Waals surface area contributed by atoms with Gasteiger partial charge in [-0.3, -0.25) is 4.79 Å². The molecule has 1 fully saturated rings. The zero-order valence-electron chi connectivity index (χ0n) is 16.5. The van der Waals surface area contributed by atoms with Gasteiger partial charge in [-0.25, -0.2) is 0 Å². The molecule has 2 aromatic carbocycles. The molecule has 3 nitrogen and oxygen atoms in total. The molecule has 2 heterocycles. The van der Waals surface area contributed by atoms with Crippen LogP contribution in [0.3, 0.4) is 0 Å². The number of rotatable bonds is 5. The van der Waals surface area contributed by atoms with E-state index in [-0.39, 0.29) is 11.9 Å². The molecule has 1 aliphatic heterocycles. The first-order chi connectivity index (χ1) is 13.6. The van der Waals surface area contributed by atoms with Gasteiger partial charge < -0.3 is 10.2 Å². The highest BCUT2D eigenvalue weighted by Gasteiger charge is 2.34. The number of quaternary nitrogens is 1. The summed E-state index contributed by atoms with van der Waals surface area (Å²) >= 11 is 1.70. The number of benzene rings is 2. The van der Waals surface area contributed by atoms with Crippen LogP contribution < -0.4 is 10.2 Å². The largest absolute Gasteiger partial charge is 0.325 e. The SMILES string of the molecule is Cc1sc(NC(=O)c2ccccc2)c([C@@H](c2ccccc2)[NH+]2CCCC2)c1C. The average molecular weight is 392 g/mol. The molecular formula is C24H27N2OS+. The molecule has 144 valence electrons. The summed E-state index contributed by atoms with van der Waals surface area (Å²) in [5.41, 5.74) is 4.62. The van der Waals surface area contributed by atoms with Gasteiger partial charge in [0.15, 0.2) is 0 Å². The number of hydrogen-bond acceptors (Lipinski definition) is 2. The Morgan fingerprint density at radius 2 is 1.57 bits per heavy atom. The van der Waals surface area contributed by atoms with Crippen LogP contribution in [0.25, 0.3) is 0 Å². The van der Waals surface area contributed by atoms with Crippen LogP contribution >= 0.6 is 11.3 Å². The van der Waals surface area contributed by atoms with Crippen LogP contribution in [0, 0.1) is 13.8 Å². The van der Waals surface area contributed by atoms with Crippen molar-refractivity contribution < 1.29 is 9.69 Å². The molecule has 0 unspecified atom stereocenters. The van der Waals surface area contributed by atoms with Gasteiger partial charge in [-0.2, -0.15) is 0 Å². The molecule has 1 atom stereocenters. The maximum absolute atomic E-state index is 12.9. The molecule has 0 bridgehead atoms. The lowest BCUT2D eigenvalue weighted by Gasteiger charge is -2.26. The lowest BCUT2D eigenvalue weighted by atomic mass is 9.95. The van der Waals surface area contributed by atoms with Gasteiger partial charge in [0.25, 0.3) is 5.91 Å². The number of carbonyl (C=O) groups is 1. The number of nitrogens with one attached hydrogen (secondary N) is 2. The predicted molar refractivity (Wildman–Crippen MR) is 116 cm³/mol. The van der Waals surface area contributed by atoms with Gasteiger partial charge in [0, 0.05) is 28.8 Å². The highest BCUT2D eigenvalue weighted by atomic mass is 32.1. The fraction of sp³-hybridized carbons (Fsp3) is 0.292. The Bertz CT molecular complexity index is 943. The van der Waals surface area contributed by atoms with Crippen molar-refractivity contribution in [2.75, 3.05) is 18.4 Å². The van der Waals surface area contributed by atoms with Crippen LogP contribution in [0.15, 0.2) is 60.7 Å². The molecule has 0 spiro atoms. The van der Waals surface area contributed by atoms with E-state index in [1.807, 2.05) is 30.3 Å². The third-order valence-electron chi connectivity index (χ3n) is 5.77. The lowest BCUT2D eigenvalue weighted by Crippen LogP contribution is -3.10. The number of carbonyl (C=O) groups excluding carboxylic acids is 1. The summed E-state index contributed by atoms with van der Waals surface area (Å²) in [5, 5.41) is 4.23. The molecule has 0 aliphatic carbocycles. The van der Waals surface area contributed by atoms with E-state index in [0.717, 1.165) is 5.00 Å². The second kappa shape index (κ2) is 8.29. The molecule has 4 rings (SSSR count). The first-order valence-electron chi connectivity index (χ1n) is 10.0. The van der Waals surface area contributed by atoms with E-state index in [9.17, 15) is 4.79 Å². The van der Waals surface area contributed by atoms with Crippen LogP contribution in [-0.2, 0) is 0 Å². The van der Waals surface area contributed by atoms with Crippen LogP contribution in [0.4, 0.5) is 5.00 Å². The Labute approximate surface area is 171 Å². The van der Waals surface area contributed by atoms with Gasteiger partial charge in [-0.15, -0.1) is 11.3 Å². The Balaban J connectivity index is 1.75. The lowest BCUT2D eigenvalue weighted by molar-refractivity contribution is -0.913. The second-order valence-electron chi connectivity index (χ2n) is 7.56. The van der Waals surface area contributed by atoms with Gasteiger partial charge in [0.2, 0.25) is 0 Å². The molecule has 0 saturated carbocycles. The van der Waals surface area contributed by atoms with E-state index in [4.69, 9.17) is 0 Å². The normalized spacial score (nSPS) is 15.5. The van der Waals surface area contributed by atoms with Crippen LogP contribution in [0.5, 0.6) is 0 Å². The van der Waals surface area contributed by atoms with E-state index in [0.29, 0.717) is 5.56 Å². The van der Waals surface area contributed by atoms with Crippen LogP contribution in [0.1, 0.15) is 50.8 Å². The van der Waals surface area contributed by atoms with Crippen LogP contribution in [0.2, 0.25) is 0 Å². The molecule has 1 saturated heterocycles. The van der Waals surface area contributed by atoms with Crippen molar-refractivity contribution in [3.8, 4) is 0 Å². The van der Waals surface area contributed by atoms with E-state index < -0.39 is 0 Å². The number of aryl methyl sites for hydroxylation is 1. The maximum Gasteiger partial charge on any atom is 0.256 e. The van der Waals surface area contributed by atoms with Gasteiger partial charge in [0.1, 0.15) is 11.0 Å². The van der Waals surface area contributed by atoms with E-state index >= 15 is 0 Å². The molecule has 4 heteroatoms. The summed E-state index contributed by atoms with van der Waals surface area (Å²) in [6.45, 7) is 6.72. The minimum atomic E-state index is -0.0358. The van der Waals surface area contributed by atoms with Gasteiger partial charge in [0.05, 0.1) is 18.7 Å². The van der Waals surface area contributed by atoms with Crippen molar-refractivity contribution in [2.45, 2.75) is 32.7 Å². The zero-order chi connectivity index (χ0) is 19.5. The molecule has 1 aliphatic rings. The summed E-state index contributed by atoms with van der Waals surface area (Å²) in [6, 6.07) is 20.5. The number of likely N-dealkylation sites (tertiary alicyclic amines) is 1. The summed E-state index contributed by atoms with van der Waals surface area (Å²) in [7, 11) is 0. The molecular weight excluding hydrogens is 364 g/mol. The predicted octanol–water partition coefficient (Wildman–Crippen LogP) is 4.39. The number of thiophene rings is 1. The standard InChI is InChI=1S/C24H26N2OS/c1-17-18(2)28-24(25-23(27)20-13-7-4-8-14-20)21(17)22(26-15-9-10-16-26)19-11-5-3-6-12-19/h3-8,11-14,22H,9-10,15-16H2,1-2H3,(H,25,27)/p+1/t22-/m1/s1. The van der Waals surface area contributed by atoms with Crippen molar-refractivity contribution in [3.05, 3.63) is 87.8 Å². The van der Waals surface area contributed by atoms with Gasteiger partial charge in [-0.1, -0.05) is 48.5 Å². The fourth-order valence-corrected chi connectivity index (χ4v) is 5.31. The summed E-state index contributed by atoms with van der Waals surface area (Å²) in [6.07, 6.45) is 2.54. The quantitative estimate of drug-likeness (QED) is 0.665. The Morgan fingerprint density at radius 1 is 0.964 bits per heavy atom. The highest BCUT2D eigenvalue weighted by molar-refractivity contribution is 7.16. The van der Waals surface area contributed by atoms with Crippen molar-refractivity contribution in [3.63, 3.8) is 0 Å². The maximum atomic E-state index is 12.9. The van der Waals surface area contributed by atoms with Gasteiger partial charge >= 0.3 is 0 Å². The third kappa shape index (κ3) is 3.75. The number of hydrogen-bond donors (Lipinski definition) is 2. The average Bonchev–Trinajstić information content (AvgIpc) is 3.34. The molecule has 1 aromatic heterocycles. The van der Waals surface area contributed by atoms with E-state index in [2.05, 4.69) is 49.5 Å². The molecule has 1 amide bonds. The number of anilines is 1. The highest BCUT2D eigenvalue weighted by Crippen LogP contribution is 2.38.